The van der Waals surface area contributed by atoms with Crippen LogP contribution in [-0.2, 0) is 19.6 Å². The molecule has 2 atom stereocenters. The second-order valence-electron chi connectivity index (χ2n) is 7.97. The molecule has 2 saturated heterocycles. The zero-order chi connectivity index (χ0) is 21.6. The SMILES string of the molecule is CCCS(=O)(=O)N1CCCC(C(=O)NCC(c2ccc(Cl)cc2)N2CCOCC2)C1. The second-order valence-corrected chi connectivity index (χ2v) is 10.5. The quantitative estimate of drug-likeness (QED) is 0.647. The molecule has 0 spiro atoms. The third-order valence-electron chi connectivity index (χ3n) is 5.82. The Bertz CT molecular complexity index is 797. The lowest BCUT2D eigenvalue weighted by molar-refractivity contribution is -0.126. The molecule has 1 N–H and O–H groups in total. The summed E-state index contributed by atoms with van der Waals surface area (Å²) in [4.78, 5) is 15.2. The summed E-state index contributed by atoms with van der Waals surface area (Å²) in [6, 6.07) is 7.74. The highest BCUT2D eigenvalue weighted by Gasteiger charge is 2.32. The molecule has 9 heteroatoms. The van der Waals surface area contributed by atoms with Crippen LogP contribution in [0.2, 0.25) is 5.02 Å². The minimum Gasteiger partial charge on any atom is -0.379 e. The molecule has 0 saturated carbocycles. The van der Waals surface area contributed by atoms with Gasteiger partial charge >= 0.3 is 0 Å². The number of benzene rings is 1. The van der Waals surface area contributed by atoms with Crippen molar-refractivity contribution in [2.24, 2.45) is 5.92 Å². The first-order valence-electron chi connectivity index (χ1n) is 10.7. The van der Waals surface area contributed by atoms with E-state index in [9.17, 15) is 13.2 Å². The summed E-state index contributed by atoms with van der Waals surface area (Å²) in [5.41, 5.74) is 1.09. The summed E-state index contributed by atoms with van der Waals surface area (Å²) in [7, 11) is -3.28. The van der Waals surface area contributed by atoms with Crippen molar-refractivity contribution < 1.29 is 17.9 Å². The zero-order valence-corrected chi connectivity index (χ0v) is 19.1. The highest BCUT2D eigenvalue weighted by molar-refractivity contribution is 7.89. The monoisotopic (exact) mass is 457 g/mol. The summed E-state index contributed by atoms with van der Waals surface area (Å²) in [6.07, 6.45) is 2.01. The summed E-state index contributed by atoms with van der Waals surface area (Å²) in [5, 5.41) is 3.77. The molecule has 2 heterocycles. The summed E-state index contributed by atoms with van der Waals surface area (Å²) in [5.74, 6) is -0.239. The van der Waals surface area contributed by atoms with E-state index >= 15 is 0 Å². The van der Waals surface area contributed by atoms with E-state index in [1.165, 1.54) is 4.31 Å². The lowest BCUT2D eigenvalue weighted by Gasteiger charge is -2.36. The third kappa shape index (κ3) is 6.17. The number of morpholine rings is 1. The minimum absolute atomic E-state index is 0.0265. The predicted octanol–water partition coefficient (Wildman–Crippen LogP) is 2.28. The van der Waals surface area contributed by atoms with Gasteiger partial charge in [0.1, 0.15) is 0 Å². The van der Waals surface area contributed by atoms with Gasteiger partial charge in [0.15, 0.2) is 0 Å². The predicted molar refractivity (Wildman–Crippen MR) is 118 cm³/mol. The van der Waals surface area contributed by atoms with Gasteiger partial charge in [0, 0.05) is 37.7 Å². The lowest BCUT2D eigenvalue weighted by atomic mass is 9.98. The summed E-state index contributed by atoms with van der Waals surface area (Å²) < 4.78 is 31.8. The summed E-state index contributed by atoms with van der Waals surface area (Å²) >= 11 is 6.05. The van der Waals surface area contributed by atoms with Crippen LogP contribution in [-0.4, -0.2) is 75.2 Å². The number of amides is 1. The number of hydrogen-bond donors (Lipinski definition) is 1. The molecule has 2 unspecified atom stereocenters. The largest absolute Gasteiger partial charge is 0.379 e. The smallest absolute Gasteiger partial charge is 0.224 e. The number of rotatable bonds is 8. The van der Waals surface area contributed by atoms with Crippen LogP contribution in [0.4, 0.5) is 0 Å². The van der Waals surface area contributed by atoms with Crippen LogP contribution in [0.15, 0.2) is 24.3 Å². The molecule has 2 aliphatic rings. The van der Waals surface area contributed by atoms with Crippen molar-refractivity contribution in [1.29, 1.82) is 0 Å². The molecule has 0 radical (unpaired) electrons. The number of piperidine rings is 1. The Labute approximate surface area is 184 Å². The van der Waals surface area contributed by atoms with E-state index in [-0.39, 0.29) is 30.2 Å². The molecule has 7 nitrogen and oxygen atoms in total. The molecule has 30 heavy (non-hydrogen) atoms. The average Bonchev–Trinajstić information content (AvgIpc) is 2.76. The van der Waals surface area contributed by atoms with Crippen molar-refractivity contribution in [2.75, 3.05) is 51.7 Å². The van der Waals surface area contributed by atoms with Gasteiger partial charge in [-0.1, -0.05) is 30.7 Å². The van der Waals surface area contributed by atoms with Crippen molar-refractivity contribution in [2.45, 2.75) is 32.2 Å². The standard InChI is InChI=1S/C21H32ClN3O4S/c1-2-14-30(27,28)25-9-3-4-18(16-25)21(26)23-15-20(24-10-12-29-13-11-24)17-5-7-19(22)8-6-17/h5-8,18,20H,2-4,9-16H2,1H3,(H,23,26). The summed E-state index contributed by atoms with van der Waals surface area (Å²) in [6.45, 7) is 6.05. The highest BCUT2D eigenvalue weighted by Crippen LogP contribution is 2.24. The zero-order valence-electron chi connectivity index (χ0n) is 17.6. The number of ether oxygens (including phenoxy) is 1. The fraction of sp³-hybridized carbons (Fsp3) is 0.667. The van der Waals surface area contributed by atoms with Crippen LogP contribution in [0.25, 0.3) is 0 Å². The maximum Gasteiger partial charge on any atom is 0.224 e. The number of hydrogen-bond acceptors (Lipinski definition) is 5. The molecule has 1 aromatic carbocycles. The average molecular weight is 458 g/mol. The Hall–Kier alpha value is -1.19. The minimum atomic E-state index is -3.28. The second kappa shape index (κ2) is 10.9. The van der Waals surface area contributed by atoms with Gasteiger partial charge in [-0.25, -0.2) is 12.7 Å². The molecule has 0 aliphatic carbocycles. The highest BCUT2D eigenvalue weighted by atomic mass is 35.5. The number of halogens is 1. The van der Waals surface area contributed by atoms with Gasteiger partial charge < -0.3 is 10.1 Å². The molecule has 1 amide bonds. The third-order valence-corrected chi connectivity index (χ3v) is 8.12. The van der Waals surface area contributed by atoms with Crippen LogP contribution >= 0.6 is 11.6 Å². The van der Waals surface area contributed by atoms with Gasteiger partial charge in [-0.3, -0.25) is 9.69 Å². The van der Waals surface area contributed by atoms with E-state index < -0.39 is 10.0 Å². The van der Waals surface area contributed by atoms with Crippen LogP contribution in [0.3, 0.4) is 0 Å². The fourth-order valence-electron chi connectivity index (χ4n) is 4.17. The van der Waals surface area contributed by atoms with Crippen molar-refractivity contribution in [3.05, 3.63) is 34.9 Å². The van der Waals surface area contributed by atoms with Gasteiger partial charge in [0.2, 0.25) is 15.9 Å². The number of sulfonamides is 1. The van der Waals surface area contributed by atoms with Crippen molar-refractivity contribution in [1.82, 2.24) is 14.5 Å². The van der Waals surface area contributed by atoms with Gasteiger partial charge in [0.05, 0.1) is 30.9 Å². The Balaban J connectivity index is 1.64. The van der Waals surface area contributed by atoms with Gasteiger partial charge in [0.25, 0.3) is 0 Å². The van der Waals surface area contributed by atoms with Gasteiger partial charge in [-0.2, -0.15) is 0 Å². The lowest BCUT2D eigenvalue weighted by Crippen LogP contribution is -2.48. The molecule has 2 aliphatic heterocycles. The van der Waals surface area contributed by atoms with E-state index in [0.29, 0.717) is 50.6 Å². The van der Waals surface area contributed by atoms with E-state index in [1.807, 2.05) is 31.2 Å². The van der Waals surface area contributed by atoms with Crippen molar-refractivity contribution >= 4 is 27.5 Å². The fourth-order valence-corrected chi connectivity index (χ4v) is 5.88. The van der Waals surface area contributed by atoms with Crippen molar-refractivity contribution in [3.8, 4) is 0 Å². The molecule has 1 aromatic rings. The van der Waals surface area contributed by atoms with Crippen LogP contribution in [0.5, 0.6) is 0 Å². The Morgan fingerprint density at radius 3 is 2.60 bits per heavy atom. The first-order chi connectivity index (χ1) is 14.4. The van der Waals surface area contributed by atoms with Crippen LogP contribution in [0.1, 0.15) is 37.8 Å². The van der Waals surface area contributed by atoms with Crippen LogP contribution in [0, 0.1) is 5.92 Å². The Morgan fingerprint density at radius 1 is 1.23 bits per heavy atom. The first-order valence-corrected chi connectivity index (χ1v) is 12.7. The first kappa shape index (κ1) is 23.5. The Morgan fingerprint density at radius 2 is 1.93 bits per heavy atom. The molecular weight excluding hydrogens is 426 g/mol. The maximum atomic E-state index is 12.9. The Kier molecular flexibility index (Phi) is 8.53. The van der Waals surface area contributed by atoms with E-state index in [0.717, 1.165) is 18.7 Å². The van der Waals surface area contributed by atoms with E-state index in [1.54, 1.807) is 0 Å². The number of carbonyl (C=O) groups excluding carboxylic acids is 1. The van der Waals surface area contributed by atoms with E-state index in [2.05, 4.69) is 10.2 Å². The van der Waals surface area contributed by atoms with E-state index in [4.69, 9.17) is 16.3 Å². The normalized spacial score (nSPS) is 22.5. The van der Waals surface area contributed by atoms with Crippen molar-refractivity contribution in [3.63, 3.8) is 0 Å². The van der Waals surface area contributed by atoms with Crippen LogP contribution < -0.4 is 5.32 Å². The molecular formula is C21H32ClN3O4S. The molecule has 168 valence electrons. The molecule has 0 aromatic heterocycles. The maximum absolute atomic E-state index is 12.9. The van der Waals surface area contributed by atoms with Gasteiger partial charge in [-0.05, 0) is 37.0 Å². The topological polar surface area (TPSA) is 79.0 Å². The van der Waals surface area contributed by atoms with Gasteiger partial charge in [-0.15, -0.1) is 0 Å². The number of nitrogens with one attached hydrogen (secondary N) is 1. The number of nitrogens with zero attached hydrogens (tertiary/aromatic N) is 2. The molecule has 0 bridgehead atoms. The molecule has 2 fully saturated rings. The number of carbonyl (C=O) groups is 1. The molecule has 3 rings (SSSR count).